The number of hydrogen-bond acceptors (Lipinski definition) is 3. The maximum absolute atomic E-state index is 11.7. The van der Waals surface area contributed by atoms with Gasteiger partial charge in [-0.05, 0) is 20.8 Å². The third-order valence-electron chi connectivity index (χ3n) is 1.94. The average Bonchev–Trinajstić information content (AvgIpc) is 2.04. The number of aromatic nitrogens is 2. The summed E-state index contributed by atoms with van der Waals surface area (Å²) >= 11 is 0. The molecule has 0 saturated carbocycles. The topological polar surface area (TPSA) is 46.9 Å². The largest absolute Gasteiger partial charge is 0.369 e. The second-order valence-electron chi connectivity index (χ2n) is 3.27. The summed E-state index contributed by atoms with van der Waals surface area (Å²) in [6, 6.07) is 0.169. The highest BCUT2D eigenvalue weighted by Gasteiger charge is 2.08. The molecule has 0 radical (unpaired) electrons. The maximum atomic E-state index is 11.7. The van der Waals surface area contributed by atoms with Crippen molar-refractivity contribution in [2.24, 2.45) is 0 Å². The van der Waals surface area contributed by atoms with Crippen molar-refractivity contribution in [3.63, 3.8) is 0 Å². The standard InChI is InChI=1S/C9H15N3O/c1-6(2)12-7(3)5-11-8(10-4)9(12)13/h5-6H,1-4H3,(H,10,11). The fourth-order valence-corrected chi connectivity index (χ4v) is 1.36. The molecule has 0 aliphatic rings. The third kappa shape index (κ3) is 1.71. The van der Waals surface area contributed by atoms with Gasteiger partial charge in [0.1, 0.15) is 0 Å². The number of aryl methyl sites for hydroxylation is 1. The zero-order valence-corrected chi connectivity index (χ0v) is 8.46. The fourth-order valence-electron chi connectivity index (χ4n) is 1.36. The van der Waals surface area contributed by atoms with E-state index in [1.54, 1.807) is 17.8 Å². The van der Waals surface area contributed by atoms with Crippen molar-refractivity contribution < 1.29 is 0 Å². The summed E-state index contributed by atoms with van der Waals surface area (Å²) in [4.78, 5) is 15.7. The molecule has 0 aliphatic carbocycles. The first-order chi connectivity index (χ1) is 6.07. The molecule has 0 aromatic carbocycles. The zero-order chi connectivity index (χ0) is 10.0. The Morgan fingerprint density at radius 2 is 2.15 bits per heavy atom. The van der Waals surface area contributed by atoms with Crippen molar-refractivity contribution in [2.45, 2.75) is 26.8 Å². The number of nitrogens with zero attached hydrogens (tertiary/aromatic N) is 2. The highest BCUT2D eigenvalue weighted by Crippen LogP contribution is 2.05. The van der Waals surface area contributed by atoms with Gasteiger partial charge in [0.25, 0.3) is 5.56 Å². The Morgan fingerprint density at radius 3 is 2.62 bits per heavy atom. The van der Waals surface area contributed by atoms with Crippen LogP contribution in [-0.4, -0.2) is 16.6 Å². The van der Waals surface area contributed by atoms with E-state index in [9.17, 15) is 4.79 Å². The van der Waals surface area contributed by atoms with E-state index in [2.05, 4.69) is 10.3 Å². The SMILES string of the molecule is CNc1ncc(C)n(C(C)C)c1=O. The summed E-state index contributed by atoms with van der Waals surface area (Å²) in [5.41, 5.74) is 0.830. The zero-order valence-electron chi connectivity index (χ0n) is 8.46. The van der Waals surface area contributed by atoms with Crippen molar-refractivity contribution in [2.75, 3.05) is 12.4 Å². The van der Waals surface area contributed by atoms with Gasteiger partial charge in [0, 0.05) is 25.0 Å². The Kier molecular flexibility index (Phi) is 2.70. The van der Waals surface area contributed by atoms with Crippen LogP contribution in [0, 0.1) is 6.92 Å². The molecular weight excluding hydrogens is 166 g/mol. The van der Waals surface area contributed by atoms with Crippen molar-refractivity contribution in [1.29, 1.82) is 0 Å². The molecule has 0 amide bonds. The van der Waals surface area contributed by atoms with E-state index in [-0.39, 0.29) is 11.6 Å². The lowest BCUT2D eigenvalue weighted by Gasteiger charge is -2.14. The molecule has 1 aromatic heterocycles. The smallest absolute Gasteiger partial charge is 0.293 e. The van der Waals surface area contributed by atoms with Gasteiger partial charge in [-0.25, -0.2) is 4.98 Å². The Hall–Kier alpha value is -1.32. The summed E-state index contributed by atoms with van der Waals surface area (Å²) in [5, 5.41) is 2.77. The third-order valence-corrected chi connectivity index (χ3v) is 1.94. The minimum atomic E-state index is -0.0579. The Bertz CT molecular complexity index is 354. The van der Waals surface area contributed by atoms with Gasteiger partial charge in [0.05, 0.1) is 0 Å². The highest BCUT2D eigenvalue weighted by atomic mass is 16.1. The molecule has 1 heterocycles. The van der Waals surface area contributed by atoms with E-state index in [4.69, 9.17) is 0 Å². The second-order valence-corrected chi connectivity index (χ2v) is 3.27. The molecule has 13 heavy (non-hydrogen) atoms. The van der Waals surface area contributed by atoms with Crippen LogP contribution in [-0.2, 0) is 0 Å². The molecule has 1 rings (SSSR count). The number of rotatable bonds is 2. The molecule has 1 aromatic rings. The first-order valence-corrected chi connectivity index (χ1v) is 4.33. The minimum absolute atomic E-state index is 0.0579. The molecule has 1 N–H and O–H groups in total. The molecule has 0 spiro atoms. The van der Waals surface area contributed by atoms with Crippen LogP contribution in [0.25, 0.3) is 0 Å². The quantitative estimate of drug-likeness (QED) is 0.745. The summed E-state index contributed by atoms with van der Waals surface area (Å²) in [6.07, 6.45) is 1.70. The number of hydrogen-bond donors (Lipinski definition) is 1. The van der Waals surface area contributed by atoms with Gasteiger partial charge in [0.15, 0.2) is 5.82 Å². The summed E-state index contributed by atoms with van der Waals surface area (Å²) < 4.78 is 1.72. The summed E-state index contributed by atoms with van der Waals surface area (Å²) in [5.74, 6) is 0.402. The van der Waals surface area contributed by atoms with Crippen LogP contribution in [0.15, 0.2) is 11.0 Å². The van der Waals surface area contributed by atoms with E-state index >= 15 is 0 Å². The number of nitrogens with one attached hydrogen (secondary N) is 1. The van der Waals surface area contributed by atoms with Crippen molar-refractivity contribution in [1.82, 2.24) is 9.55 Å². The van der Waals surface area contributed by atoms with Gasteiger partial charge < -0.3 is 9.88 Å². The van der Waals surface area contributed by atoms with Crippen LogP contribution >= 0.6 is 0 Å². The summed E-state index contributed by atoms with van der Waals surface area (Å²) in [7, 11) is 1.70. The molecule has 0 bridgehead atoms. The van der Waals surface area contributed by atoms with Crippen molar-refractivity contribution >= 4 is 5.82 Å². The fraction of sp³-hybridized carbons (Fsp3) is 0.556. The lowest BCUT2D eigenvalue weighted by atomic mass is 10.3. The first-order valence-electron chi connectivity index (χ1n) is 4.33. The predicted octanol–water partition coefficient (Wildman–Crippen LogP) is 1.17. The van der Waals surface area contributed by atoms with E-state index < -0.39 is 0 Å². The molecule has 0 saturated heterocycles. The minimum Gasteiger partial charge on any atom is -0.369 e. The Morgan fingerprint density at radius 1 is 1.54 bits per heavy atom. The molecule has 0 atom stereocenters. The maximum Gasteiger partial charge on any atom is 0.293 e. The van der Waals surface area contributed by atoms with Crippen LogP contribution in [0.2, 0.25) is 0 Å². The van der Waals surface area contributed by atoms with Crippen molar-refractivity contribution in [3.05, 3.63) is 22.2 Å². The molecule has 0 unspecified atom stereocenters. The van der Waals surface area contributed by atoms with Crippen LogP contribution in [0.1, 0.15) is 25.6 Å². The molecule has 72 valence electrons. The Labute approximate surface area is 77.6 Å². The molecule has 4 heteroatoms. The van der Waals surface area contributed by atoms with Crippen LogP contribution in [0.4, 0.5) is 5.82 Å². The molecular formula is C9H15N3O. The molecule has 0 fully saturated rings. The van der Waals surface area contributed by atoms with Gasteiger partial charge in [-0.3, -0.25) is 4.79 Å². The van der Waals surface area contributed by atoms with Gasteiger partial charge in [-0.2, -0.15) is 0 Å². The van der Waals surface area contributed by atoms with Gasteiger partial charge in [-0.1, -0.05) is 0 Å². The van der Waals surface area contributed by atoms with Crippen LogP contribution in [0.5, 0.6) is 0 Å². The Balaban J connectivity index is 3.39. The van der Waals surface area contributed by atoms with Crippen LogP contribution < -0.4 is 10.9 Å². The normalized spacial score (nSPS) is 10.5. The van der Waals surface area contributed by atoms with Crippen LogP contribution in [0.3, 0.4) is 0 Å². The second kappa shape index (κ2) is 3.60. The average molecular weight is 181 g/mol. The van der Waals surface area contributed by atoms with E-state index in [0.29, 0.717) is 5.82 Å². The van der Waals surface area contributed by atoms with E-state index in [1.165, 1.54) is 0 Å². The van der Waals surface area contributed by atoms with E-state index in [0.717, 1.165) is 5.69 Å². The van der Waals surface area contributed by atoms with Gasteiger partial charge >= 0.3 is 0 Å². The van der Waals surface area contributed by atoms with Gasteiger partial charge in [-0.15, -0.1) is 0 Å². The monoisotopic (exact) mass is 181 g/mol. The molecule has 0 aliphatic heterocycles. The lowest BCUT2D eigenvalue weighted by molar-refractivity contribution is 0.559. The lowest BCUT2D eigenvalue weighted by Crippen LogP contribution is -2.27. The van der Waals surface area contributed by atoms with Gasteiger partial charge in [0.2, 0.25) is 0 Å². The first kappa shape index (κ1) is 9.77. The highest BCUT2D eigenvalue weighted by molar-refractivity contribution is 5.30. The van der Waals surface area contributed by atoms with Crippen molar-refractivity contribution in [3.8, 4) is 0 Å². The van der Waals surface area contributed by atoms with E-state index in [1.807, 2.05) is 20.8 Å². The summed E-state index contributed by atoms with van der Waals surface area (Å²) in [6.45, 7) is 5.84. The predicted molar refractivity (Wildman–Crippen MR) is 53.2 cm³/mol. The molecule has 4 nitrogen and oxygen atoms in total. The number of anilines is 1.